The molecule has 0 amide bonds. The predicted octanol–water partition coefficient (Wildman–Crippen LogP) is 5.20. The Labute approximate surface area is 200 Å². The SMILES string of the molecule is CC(=O)Oc1ccccc1C(=O)OC1=C2CC[C@@H]3[C@H](CC[C@]4(C)C(=O)CC[C@@H]34)[C@@]2(C)CCC1=O. The van der Waals surface area contributed by atoms with E-state index in [1.54, 1.807) is 12.1 Å². The molecule has 0 saturated heterocycles. The largest absolute Gasteiger partial charge is 0.426 e. The highest BCUT2D eigenvalue weighted by atomic mass is 16.6. The second-order valence-corrected chi connectivity index (χ2v) is 11.0. The number of fused-ring (bicyclic) bond motifs is 5. The minimum atomic E-state index is -0.684. The van der Waals surface area contributed by atoms with Crippen molar-refractivity contribution in [2.45, 2.75) is 72.1 Å². The summed E-state index contributed by atoms with van der Waals surface area (Å²) in [6.45, 7) is 5.66. The number of hydrogen-bond acceptors (Lipinski definition) is 6. The maximum atomic E-state index is 13.1. The molecule has 0 N–H and O–H groups in total. The van der Waals surface area contributed by atoms with Crippen LogP contribution in [0.4, 0.5) is 0 Å². The fourth-order valence-electron chi connectivity index (χ4n) is 7.58. The van der Waals surface area contributed by atoms with Crippen molar-refractivity contribution in [2.24, 2.45) is 28.6 Å². The lowest BCUT2D eigenvalue weighted by molar-refractivity contribution is -0.133. The zero-order valence-corrected chi connectivity index (χ0v) is 20.1. The van der Waals surface area contributed by atoms with E-state index in [4.69, 9.17) is 9.47 Å². The third-order valence-corrected chi connectivity index (χ3v) is 9.34. The van der Waals surface area contributed by atoms with E-state index < -0.39 is 11.9 Å². The van der Waals surface area contributed by atoms with Crippen LogP contribution in [0.15, 0.2) is 35.6 Å². The van der Waals surface area contributed by atoms with Gasteiger partial charge in [0.15, 0.2) is 11.5 Å². The number of esters is 2. The molecule has 180 valence electrons. The van der Waals surface area contributed by atoms with Gasteiger partial charge in [0.1, 0.15) is 17.1 Å². The molecule has 0 spiro atoms. The Balaban J connectivity index is 1.46. The quantitative estimate of drug-likeness (QED) is 0.452. The molecule has 1 aromatic carbocycles. The minimum absolute atomic E-state index is 0.123. The van der Waals surface area contributed by atoms with Crippen LogP contribution < -0.4 is 4.74 Å². The Morgan fingerprint density at radius 1 is 0.882 bits per heavy atom. The summed E-state index contributed by atoms with van der Waals surface area (Å²) in [5.74, 6) is 0.639. The van der Waals surface area contributed by atoms with Crippen molar-refractivity contribution in [3.63, 3.8) is 0 Å². The second-order valence-electron chi connectivity index (χ2n) is 11.0. The second kappa shape index (κ2) is 8.17. The summed E-state index contributed by atoms with van der Waals surface area (Å²) >= 11 is 0. The van der Waals surface area contributed by atoms with Crippen LogP contribution in [-0.4, -0.2) is 23.5 Å². The minimum Gasteiger partial charge on any atom is -0.426 e. The van der Waals surface area contributed by atoms with Crippen LogP contribution in [0.2, 0.25) is 0 Å². The average molecular weight is 465 g/mol. The van der Waals surface area contributed by atoms with Gasteiger partial charge in [0.25, 0.3) is 0 Å². The molecule has 0 radical (unpaired) electrons. The molecule has 34 heavy (non-hydrogen) atoms. The summed E-state index contributed by atoms with van der Waals surface area (Å²) in [5.41, 5.74) is 0.669. The number of para-hydroxylation sites is 1. The first-order valence-electron chi connectivity index (χ1n) is 12.4. The van der Waals surface area contributed by atoms with E-state index in [9.17, 15) is 19.2 Å². The molecule has 1 aromatic rings. The van der Waals surface area contributed by atoms with Crippen LogP contribution in [0.5, 0.6) is 5.75 Å². The lowest BCUT2D eigenvalue weighted by Crippen LogP contribution is -2.51. The van der Waals surface area contributed by atoms with Crippen molar-refractivity contribution >= 4 is 23.5 Å². The highest BCUT2D eigenvalue weighted by Gasteiger charge is 2.60. The van der Waals surface area contributed by atoms with Gasteiger partial charge in [0, 0.05) is 25.2 Å². The summed E-state index contributed by atoms with van der Waals surface area (Å²) < 4.78 is 11.0. The predicted molar refractivity (Wildman–Crippen MR) is 124 cm³/mol. The van der Waals surface area contributed by atoms with Crippen LogP contribution in [0.1, 0.15) is 82.5 Å². The number of rotatable bonds is 3. The lowest BCUT2D eigenvalue weighted by atomic mass is 9.47. The molecule has 0 heterocycles. The van der Waals surface area contributed by atoms with Gasteiger partial charge in [-0.05, 0) is 79.4 Å². The van der Waals surface area contributed by atoms with Crippen molar-refractivity contribution in [3.8, 4) is 5.75 Å². The van der Waals surface area contributed by atoms with Crippen molar-refractivity contribution in [2.75, 3.05) is 0 Å². The molecule has 0 bridgehead atoms. The third kappa shape index (κ3) is 3.45. The van der Waals surface area contributed by atoms with E-state index in [1.165, 1.54) is 19.1 Å². The lowest BCUT2D eigenvalue weighted by Gasteiger charge is -2.57. The van der Waals surface area contributed by atoms with Gasteiger partial charge in [0.05, 0.1) is 0 Å². The maximum Gasteiger partial charge on any atom is 0.347 e. The maximum absolute atomic E-state index is 13.1. The Kier molecular flexibility index (Phi) is 5.53. The molecular formula is C28H32O6. The number of ether oxygens (including phenoxy) is 2. The van der Waals surface area contributed by atoms with Gasteiger partial charge in [-0.1, -0.05) is 26.0 Å². The van der Waals surface area contributed by atoms with Gasteiger partial charge in [-0.25, -0.2) is 4.79 Å². The average Bonchev–Trinajstić information content (AvgIpc) is 3.10. The molecule has 4 aliphatic carbocycles. The molecular weight excluding hydrogens is 432 g/mol. The van der Waals surface area contributed by atoms with Crippen LogP contribution in [0, 0.1) is 28.6 Å². The first-order chi connectivity index (χ1) is 16.1. The number of ketones is 2. The highest BCUT2D eigenvalue weighted by Crippen LogP contribution is 2.65. The smallest absolute Gasteiger partial charge is 0.347 e. The van der Waals surface area contributed by atoms with E-state index in [0.717, 1.165) is 37.7 Å². The Bertz CT molecular complexity index is 1120. The fourth-order valence-corrected chi connectivity index (χ4v) is 7.58. The highest BCUT2D eigenvalue weighted by molar-refractivity contribution is 6.01. The van der Waals surface area contributed by atoms with E-state index >= 15 is 0 Å². The van der Waals surface area contributed by atoms with Crippen molar-refractivity contribution in [1.29, 1.82) is 0 Å². The number of hydrogen-bond donors (Lipinski definition) is 0. The van der Waals surface area contributed by atoms with E-state index in [0.29, 0.717) is 42.8 Å². The molecule has 5 atom stereocenters. The van der Waals surface area contributed by atoms with Gasteiger partial charge >= 0.3 is 11.9 Å². The van der Waals surface area contributed by atoms with Crippen molar-refractivity contribution in [1.82, 2.24) is 0 Å². The van der Waals surface area contributed by atoms with Crippen molar-refractivity contribution < 1.29 is 28.7 Å². The van der Waals surface area contributed by atoms with Crippen LogP contribution in [0.3, 0.4) is 0 Å². The number of carbonyl (C=O) groups is 4. The van der Waals surface area contributed by atoms with Crippen molar-refractivity contribution in [3.05, 3.63) is 41.2 Å². The van der Waals surface area contributed by atoms with Crippen LogP contribution in [-0.2, 0) is 19.1 Å². The zero-order chi connectivity index (χ0) is 24.3. The van der Waals surface area contributed by atoms with Gasteiger partial charge < -0.3 is 9.47 Å². The summed E-state index contributed by atoms with van der Waals surface area (Å²) in [5, 5.41) is 0. The van der Waals surface area contributed by atoms with Crippen LogP contribution >= 0.6 is 0 Å². The third-order valence-electron chi connectivity index (χ3n) is 9.34. The van der Waals surface area contributed by atoms with Gasteiger partial charge in [-0.3, -0.25) is 14.4 Å². The molecule has 5 rings (SSSR count). The molecule has 3 saturated carbocycles. The summed E-state index contributed by atoms with van der Waals surface area (Å²) in [6, 6.07) is 6.41. The monoisotopic (exact) mass is 464 g/mol. The summed E-state index contributed by atoms with van der Waals surface area (Å²) in [4.78, 5) is 50.2. The first kappa shape index (κ1) is 23.0. The van der Waals surface area contributed by atoms with Gasteiger partial charge in [-0.2, -0.15) is 0 Å². The summed E-state index contributed by atoms with van der Waals surface area (Å²) in [7, 11) is 0. The standard InChI is InChI=1S/C28H32O6/c1-16(29)33-23-7-5-4-6-18(23)26(32)34-25-21-9-8-17-19-10-11-24(31)28(19,3)14-12-20(17)27(21,2)15-13-22(25)30/h4-7,17,19-20H,8-15H2,1-3H3/t17-,19-,20-,27+,28-/m0/s1. The summed E-state index contributed by atoms with van der Waals surface area (Å²) in [6.07, 6.45) is 6.25. The zero-order valence-electron chi connectivity index (χ0n) is 20.1. The fraction of sp³-hybridized carbons (Fsp3) is 0.571. The molecule has 4 aliphatic rings. The Morgan fingerprint density at radius 3 is 2.38 bits per heavy atom. The number of Topliss-reactive ketones (excluding diaryl/α,β-unsaturated/α-hetero) is 2. The van der Waals surface area contributed by atoms with E-state index in [-0.39, 0.29) is 33.7 Å². The van der Waals surface area contributed by atoms with Gasteiger partial charge in [0.2, 0.25) is 0 Å². The normalized spacial score (nSPS) is 34.7. The molecule has 0 unspecified atom stereocenters. The topological polar surface area (TPSA) is 86.7 Å². The number of allylic oxidation sites excluding steroid dienone is 1. The molecule has 3 fully saturated rings. The molecule has 6 nitrogen and oxygen atoms in total. The Morgan fingerprint density at radius 2 is 1.62 bits per heavy atom. The Hall–Kier alpha value is -2.76. The van der Waals surface area contributed by atoms with E-state index in [2.05, 4.69) is 13.8 Å². The molecule has 6 heteroatoms. The molecule has 0 aromatic heterocycles. The number of benzene rings is 1. The van der Waals surface area contributed by atoms with Crippen LogP contribution in [0.25, 0.3) is 0 Å². The van der Waals surface area contributed by atoms with E-state index in [1.807, 2.05) is 0 Å². The number of carbonyl (C=O) groups excluding carboxylic acids is 4. The molecule has 0 aliphatic heterocycles. The first-order valence-corrected chi connectivity index (χ1v) is 12.4. The van der Waals surface area contributed by atoms with Gasteiger partial charge in [-0.15, -0.1) is 0 Å².